The normalized spacial score (nSPS) is 20.5. The molecule has 0 fully saturated rings. The molecule has 1 atom stereocenters. The van der Waals surface area contributed by atoms with Crippen molar-refractivity contribution >= 4 is 27.7 Å². The lowest BCUT2D eigenvalue weighted by Gasteiger charge is -2.30. The Morgan fingerprint density at radius 2 is 2.08 bits per heavy atom. The highest BCUT2D eigenvalue weighted by atomic mass is 79.9. The average Bonchev–Trinajstić information content (AvgIpc) is 2.55. The van der Waals surface area contributed by atoms with Crippen LogP contribution in [0.2, 0.25) is 0 Å². The first-order valence-electron chi connectivity index (χ1n) is 7.51. The van der Waals surface area contributed by atoms with Crippen molar-refractivity contribution in [2.75, 3.05) is 13.2 Å². The molecule has 4 N–H and O–H groups in total. The van der Waals surface area contributed by atoms with Gasteiger partial charge < -0.3 is 16.2 Å². The second-order valence-electron chi connectivity index (χ2n) is 6.01. The summed E-state index contributed by atoms with van der Waals surface area (Å²) in [6.07, 6.45) is 0. The molecule has 0 aliphatic carbocycles. The van der Waals surface area contributed by atoms with Crippen LogP contribution in [-0.2, 0) is 10.3 Å². The number of halogens is 1. The summed E-state index contributed by atoms with van der Waals surface area (Å²) in [7, 11) is 0. The first-order valence-corrected chi connectivity index (χ1v) is 8.30. The monoisotopic (exact) mass is 387 g/mol. The second-order valence-corrected chi connectivity index (χ2v) is 6.86. The number of carbonyl (C=O) groups excluding carboxylic acids is 1. The molecule has 3 rings (SSSR count). The van der Waals surface area contributed by atoms with E-state index in [-0.39, 0.29) is 0 Å². The van der Waals surface area contributed by atoms with Crippen LogP contribution in [-0.4, -0.2) is 25.0 Å². The Balaban J connectivity index is 2.07. The number of hydrogen-bond donors (Lipinski definition) is 2. The first kappa shape index (κ1) is 16.7. The van der Waals surface area contributed by atoms with Crippen molar-refractivity contribution in [3.8, 4) is 11.1 Å². The number of ether oxygens (including phenoxy) is 1. The topological polar surface area (TPSA) is 90.7 Å². The summed E-state index contributed by atoms with van der Waals surface area (Å²) >= 11 is 3.54. The third-order valence-electron chi connectivity index (χ3n) is 4.07. The molecule has 1 unspecified atom stereocenters. The minimum atomic E-state index is -0.522. The van der Waals surface area contributed by atoms with Gasteiger partial charge in [-0.05, 0) is 47.9 Å². The maximum absolute atomic E-state index is 11.5. The number of primary amides is 1. The SMILES string of the molecule is CC1(c2cccc(-c3cc(C(N)=O)ccc3Br)c2)COCC(N)=N1. The van der Waals surface area contributed by atoms with Crippen molar-refractivity contribution in [2.45, 2.75) is 12.5 Å². The van der Waals surface area contributed by atoms with Crippen molar-refractivity contribution in [3.05, 3.63) is 58.1 Å². The summed E-state index contributed by atoms with van der Waals surface area (Å²) in [6, 6.07) is 13.3. The van der Waals surface area contributed by atoms with E-state index in [2.05, 4.69) is 20.9 Å². The van der Waals surface area contributed by atoms with Gasteiger partial charge in [0, 0.05) is 10.0 Å². The summed E-state index contributed by atoms with van der Waals surface area (Å²) in [5.41, 5.74) is 14.0. The van der Waals surface area contributed by atoms with Crippen LogP contribution in [0.4, 0.5) is 0 Å². The Hall–Kier alpha value is -2.18. The largest absolute Gasteiger partial charge is 0.386 e. The summed E-state index contributed by atoms with van der Waals surface area (Å²) in [5, 5.41) is 0. The van der Waals surface area contributed by atoms with Gasteiger partial charge in [0.25, 0.3) is 0 Å². The summed E-state index contributed by atoms with van der Waals surface area (Å²) in [4.78, 5) is 16.0. The molecule has 6 heteroatoms. The zero-order valence-corrected chi connectivity index (χ0v) is 14.8. The second kappa shape index (κ2) is 6.37. The van der Waals surface area contributed by atoms with Crippen LogP contribution in [0.5, 0.6) is 0 Å². The van der Waals surface area contributed by atoms with E-state index in [9.17, 15) is 4.79 Å². The van der Waals surface area contributed by atoms with Gasteiger partial charge in [-0.1, -0.05) is 34.1 Å². The number of carbonyl (C=O) groups is 1. The average molecular weight is 388 g/mol. The van der Waals surface area contributed by atoms with Gasteiger partial charge in [-0.15, -0.1) is 0 Å². The maximum atomic E-state index is 11.5. The lowest BCUT2D eigenvalue weighted by molar-refractivity contribution is 0.100. The van der Waals surface area contributed by atoms with E-state index in [1.165, 1.54) is 0 Å². The summed E-state index contributed by atoms with van der Waals surface area (Å²) < 4.78 is 6.43. The van der Waals surface area contributed by atoms with Gasteiger partial charge >= 0.3 is 0 Å². The van der Waals surface area contributed by atoms with Gasteiger partial charge in [0.15, 0.2) is 0 Å². The molecule has 0 aromatic heterocycles. The number of benzene rings is 2. The standard InChI is InChI=1S/C18H18BrN3O2/c1-18(10-24-9-16(20)22-18)13-4-2-3-11(7-13)14-8-12(17(21)23)5-6-15(14)19/h2-8H,9-10H2,1H3,(H2,20,22)(H2,21,23). The van der Waals surface area contributed by atoms with Crippen molar-refractivity contribution < 1.29 is 9.53 Å². The Labute approximate surface area is 148 Å². The Kier molecular flexibility index (Phi) is 4.43. The van der Waals surface area contributed by atoms with E-state index in [1.807, 2.05) is 37.3 Å². The number of amidine groups is 1. The van der Waals surface area contributed by atoms with E-state index in [0.717, 1.165) is 21.2 Å². The van der Waals surface area contributed by atoms with Crippen LogP contribution >= 0.6 is 15.9 Å². The minimum Gasteiger partial charge on any atom is -0.386 e. The predicted octanol–water partition coefficient (Wildman–Crippen LogP) is 2.82. The molecule has 0 saturated carbocycles. The zero-order chi connectivity index (χ0) is 17.3. The smallest absolute Gasteiger partial charge is 0.248 e. The maximum Gasteiger partial charge on any atom is 0.248 e. The van der Waals surface area contributed by atoms with E-state index in [1.54, 1.807) is 12.1 Å². The number of amides is 1. The first-order chi connectivity index (χ1) is 11.4. The molecule has 2 aromatic carbocycles. The zero-order valence-electron chi connectivity index (χ0n) is 13.3. The molecule has 1 amide bonds. The predicted molar refractivity (Wildman–Crippen MR) is 97.9 cm³/mol. The summed E-state index contributed by atoms with van der Waals surface area (Å²) in [6.45, 7) is 2.83. The van der Waals surface area contributed by atoms with E-state index in [4.69, 9.17) is 16.2 Å². The van der Waals surface area contributed by atoms with Crippen molar-refractivity contribution in [3.63, 3.8) is 0 Å². The molecule has 5 nitrogen and oxygen atoms in total. The van der Waals surface area contributed by atoms with E-state index >= 15 is 0 Å². The molecule has 124 valence electrons. The highest BCUT2D eigenvalue weighted by Gasteiger charge is 2.30. The molecule has 1 aliphatic heterocycles. The van der Waals surface area contributed by atoms with E-state index in [0.29, 0.717) is 24.6 Å². The molecule has 24 heavy (non-hydrogen) atoms. The fourth-order valence-corrected chi connectivity index (χ4v) is 3.28. The highest BCUT2D eigenvalue weighted by molar-refractivity contribution is 9.10. The van der Waals surface area contributed by atoms with Crippen LogP contribution in [0.15, 0.2) is 51.9 Å². The number of aliphatic imine (C=N–C) groups is 1. The quantitative estimate of drug-likeness (QED) is 0.847. The molecular weight excluding hydrogens is 370 g/mol. The van der Waals surface area contributed by atoms with Gasteiger partial charge in [-0.2, -0.15) is 0 Å². The minimum absolute atomic E-state index is 0.363. The molecule has 1 heterocycles. The molecule has 0 radical (unpaired) electrons. The fraction of sp³-hybridized carbons (Fsp3) is 0.222. The lowest BCUT2D eigenvalue weighted by Crippen LogP contribution is -2.37. The van der Waals surface area contributed by atoms with Crippen LogP contribution in [0.25, 0.3) is 11.1 Å². The molecule has 0 bridgehead atoms. The van der Waals surface area contributed by atoms with Gasteiger partial charge in [-0.25, -0.2) is 0 Å². The van der Waals surface area contributed by atoms with Gasteiger partial charge in [0.1, 0.15) is 18.0 Å². The van der Waals surface area contributed by atoms with Crippen LogP contribution in [0.1, 0.15) is 22.8 Å². The molecule has 0 saturated heterocycles. The third-order valence-corrected chi connectivity index (χ3v) is 4.76. The molecule has 1 aliphatic rings. The number of hydrogen-bond acceptors (Lipinski definition) is 4. The fourth-order valence-electron chi connectivity index (χ4n) is 2.81. The van der Waals surface area contributed by atoms with Gasteiger partial charge in [-0.3, -0.25) is 9.79 Å². The van der Waals surface area contributed by atoms with Crippen LogP contribution < -0.4 is 11.5 Å². The highest BCUT2D eigenvalue weighted by Crippen LogP contribution is 2.34. The number of nitrogens with two attached hydrogens (primary N) is 2. The Morgan fingerprint density at radius 1 is 1.29 bits per heavy atom. The van der Waals surface area contributed by atoms with Gasteiger partial charge in [0.05, 0.1) is 6.61 Å². The number of rotatable bonds is 3. The van der Waals surface area contributed by atoms with Crippen LogP contribution in [0, 0.1) is 0 Å². The van der Waals surface area contributed by atoms with Crippen LogP contribution in [0.3, 0.4) is 0 Å². The summed E-state index contributed by atoms with van der Waals surface area (Å²) in [5.74, 6) is 0.0379. The Bertz CT molecular complexity index is 835. The molecule has 2 aromatic rings. The lowest BCUT2D eigenvalue weighted by atomic mass is 9.90. The molecule has 0 spiro atoms. The Morgan fingerprint density at radius 3 is 2.79 bits per heavy atom. The van der Waals surface area contributed by atoms with Gasteiger partial charge in [0.2, 0.25) is 5.91 Å². The van der Waals surface area contributed by atoms with Crippen molar-refractivity contribution in [2.24, 2.45) is 16.5 Å². The number of nitrogens with zero attached hydrogens (tertiary/aromatic N) is 1. The van der Waals surface area contributed by atoms with Crippen molar-refractivity contribution in [1.29, 1.82) is 0 Å². The molecular formula is C18H18BrN3O2. The third kappa shape index (κ3) is 3.20. The van der Waals surface area contributed by atoms with Crippen molar-refractivity contribution in [1.82, 2.24) is 0 Å². The van der Waals surface area contributed by atoms with E-state index < -0.39 is 11.4 Å².